The van der Waals surface area contributed by atoms with Gasteiger partial charge in [-0.25, -0.2) is 9.18 Å². The van der Waals surface area contributed by atoms with Gasteiger partial charge in [0.2, 0.25) is 5.91 Å². The van der Waals surface area contributed by atoms with Gasteiger partial charge in [0.25, 0.3) is 0 Å². The van der Waals surface area contributed by atoms with Gasteiger partial charge in [-0.3, -0.25) is 9.59 Å². The maximum absolute atomic E-state index is 13.1. The van der Waals surface area contributed by atoms with E-state index in [2.05, 4.69) is 16.0 Å². The molecule has 3 N–H and O–H groups in total. The summed E-state index contributed by atoms with van der Waals surface area (Å²) in [6, 6.07) is 16.2. The van der Waals surface area contributed by atoms with Crippen LogP contribution in [0.4, 0.5) is 9.18 Å². The second-order valence-corrected chi connectivity index (χ2v) is 7.85. The third-order valence-corrected chi connectivity index (χ3v) is 4.74. The fraction of sp³-hybridized carbons (Fsp3) is 0.375. The van der Waals surface area contributed by atoms with Gasteiger partial charge in [0.05, 0.1) is 6.04 Å². The number of nitrogens with one attached hydrogen (secondary N) is 3. The van der Waals surface area contributed by atoms with Crippen molar-refractivity contribution in [2.24, 2.45) is 5.92 Å². The number of hydrogen-bond donors (Lipinski definition) is 3. The first kappa shape index (κ1) is 24.1. The number of Topliss-reactive ketones (excluding diaryl/α,β-unsaturated/α-hetero) is 1. The second-order valence-electron chi connectivity index (χ2n) is 7.85. The first-order valence-corrected chi connectivity index (χ1v) is 10.4. The van der Waals surface area contributed by atoms with Crippen molar-refractivity contribution in [1.29, 1.82) is 0 Å². The Bertz CT molecular complexity index is 844. The average Bonchev–Trinajstić information content (AvgIpc) is 2.77. The van der Waals surface area contributed by atoms with E-state index in [1.54, 1.807) is 0 Å². The number of halogens is 1. The molecule has 1 unspecified atom stereocenters. The van der Waals surface area contributed by atoms with Crippen LogP contribution in [0.1, 0.15) is 31.4 Å². The zero-order chi connectivity index (χ0) is 22.6. The molecule has 0 aliphatic rings. The van der Waals surface area contributed by atoms with Crippen LogP contribution in [0.5, 0.6) is 0 Å². The SMILES string of the molecule is CC(C)C[C@H](NC(=O)NCc1ccccc1)C(=O)NC(Cc1ccccc1)C(=O)CF. The topological polar surface area (TPSA) is 87.3 Å². The van der Waals surface area contributed by atoms with Crippen molar-refractivity contribution < 1.29 is 18.8 Å². The predicted molar refractivity (Wildman–Crippen MR) is 118 cm³/mol. The number of hydrogen-bond acceptors (Lipinski definition) is 3. The highest BCUT2D eigenvalue weighted by atomic mass is 19.1. The summed E-state index contributed by atoms with van der Waals surface area (Å²) in [7, 11) is 0. The van der Waals surface area contributed by atoms with E-state index < -0.39 is 36.5 Å². The minimum absolute atomic E-state index is 0.120. The first-order chi connectivity index (χ1) is 14.9. The normalized spacial score (nSPS) is 12.6. The van der Waals surface area contributed by atoms with Crippen LogP contribution in [0.3, 0.4) is 0 Å². The van der Waals surface area contributed by atoms with E-state index in [9.17, 15) is 18.8 Å². The van der Waals surface area contributed by atoms with Gasteiger partial charge in [-0.15, -0.1) is 0 Å². The Balaban J connectivity index is 2.01. The van der Waals surface area contributed by atoms with Crippen LogP contribution >= 0.6 is 0 Å². The Morgan fingerprint density at radius 2 is 1.42 bits per heavy atom. The molecule has 3 amide bonds. The van der Waals surface area contributed by atoms with E-state index >= 15 is 0 Å². The Hall–Kier alpha value is -3.22. The van der Waals surface area contributed by atoms with Crippen LogP contribution in [0.2, 0.25) is 0 Å². The van der Waals surface area contributed by atoms with E-state index in [0.717, 1.165) is 11.1 Å². The molecular formula is C24H30FN3O3. The number of carbonyl (C=O) groups excluding carboxylic acids is 3. The van der Waals surface area contributed by atoms with E-state index in [4.69, 9.17) is 0 Å². The molecule has 0 heterocycles. The Morgan fingerprint density at radius 3 is 1.97 bits per heavy atom. The lowest BCUT2D eigenvalue weighted by atomic mass is 10.00. The van der Waals surface area contributed by atoms with Gasteiger partial charge >= 0.3 is 6.03 Å². The largest absolute Gasteiger partial charge is 0.344 e. The molecule has 2 aromatic rings. The molecule has 2 aromatic carbocycles. The molecule has 0 bridgehead atoms. The van der Waals surface area contributed by atoms with Crippen LogP contribution in [0.15, 0.2) is 60.7 Å². The molecule has 7 heteroatoms. The zero-order valence-electron chi connectivity index (χ0n) is 17.9. The maximum atomic E-state index is 13.1. The molecule has 0 aliphatic carbocycles. The molecule has 166 valence electrons. The highest BCUT2D eigenvalue weighted by molar-refractivity contribution is 5.93. The maximum Gasteiger partial charge on any atom is 0.315 e. The molecular weight excluding hydrogens is 397 g/mol. The summed E-state index contributed by atoms with van der Waals surface area (Å²) >= 11 is 0. The minimum atomic E-state index is -1.17. The fourth-order valence-electron chi connectivity index (χ4n) is 3.15. The molecule has 2 atom stereocenters. The smallest absolute Gasteiger partial charge is 0.315 e. The number of rotatable bonds is 11. The molecule has 0 aliphatic heterocycles. The van der Waals surface area contributed by atoms with Crippen LogP contribution in [0.25, 0.3) is 0 Å². The monoisotopic (exact) mass is 427 g/mol. The van der Waals surface area contributed by atoms with E-state index in [1.807, 2.05) is 74.5 Å². The first-order valence-electron chi connectivity index (χ1n) is 10.4. The number of alkyl halides is 1. The molecule has 0 spiro atoms. The molecule has 0 radical (unpaired) electrons. The van der Waals surface area contributed by atoms with E-state index in [-0.39, 0.29) is 12.3 Å². The van der Waals surface area contributed by atoms with Crippen LogP contribution in [0, 0.1) is 5.92 Å². The summed E-state index contributed by atoms with van der Waals surface area (Å²) < 4.78 is 13.1. The molecule has 0 saturated heterocycles. The molecule has 6 nitrogen and oxygen atoms in total. The third-order valence-electron chi connectivity index (χ3n) is 4.74. The van der Waals surface area contributed by atoms with Gasteiger partial charge < -0.3 is 16.0 Å². The van der Waals surface area contributed by atoms with Crippen molar-refractivity contribution in [2.45, 2.75) is 45.3 Å². The molecule has 0 saturated carbocycles. The zero-order valence-corrected chi connectivity index (χ0v) is 17.9. The standard InChI is InChI=1S/C24H30FN3O3/c1-17(2)13-21(28-24(31)26-16-19-11-7-4-8-12-19)23(30)27-20(22(29)15-25)14-18-9-5-3-6-10-18/h3-12,17,20-21H,13-16H2,1-2H3,(H,27,30)(H2,26,28,31)/t20?,21-/m0/s1. The van der Waals surface area contributed by atoms with Crippen molar-refractivity contribution in [2.75, 3.05) is 6.67 Å². The third kappa shape index (κ3) is 8.58. The number of amides is 3. The second kappa shape index (κ2) is 12.5. The van der Waals surface area contributed by atoms with Crippen molar-refractivity contribution in [3.8, 4) is 0 Å². The van der Waals surface area contributed by atoms with Gasteiger partial charge in [0.15, 0.2) is 5.78 Å². The number of benzene rings is 2. The summed E-state index contributed by atoms with van der Waals surface area (Å²) in [6.45, 7) is 3.01. The molecule has 2 rings (SSSR count). The summed E-state index contributed by atoms with van der Waals surface area (Å²) in [5.74, 6) is -1.09. The quantitative estimate of drug-likeness (QED) is 0.515. The highest BCUT2D eigenvalue weighted by Crippen LogP contribution is 2.09. The summed E-state index contributed by atoms with van der Waals surface area (Å²) in [5.41, 5.74) is 1.74. The lowest BCUT2D eigenvalue weighted by molar-refractivity contribution is -0.129. The van der Waals surface area contributed by atoms with Crippen molar-refractivity contribution >= 4 is 17.7 Å². The Labute approximate surface area is 182 Å². The predicted octanol–water partition coefficient (Wildman–Crippen LogP) is 3.17. The van der Waals surface area contributed by atoms with E-state index in [0.29, 0.717) is 13.0 Å². The van der Waals surface area contributed by atoms with Gasteiger partial charge in [-0.2, -0.15) is 0 Å². The van der Waals surface area contributed by atoms with E-state index in [1.165, 1.54) is 0 Å². The average molecular weight is 428 g/mol. The summed E-state index contributed by atoms with van der Waals surface area (Å²) in [4.78, 5) is 37.3. The number of ketones is 1. The van der Waals surface area contributed by atoms with Crippen LogP contribution < -0.4 is 16.0 Å². The minimum Gasteiger partial charge on any atom is -0.344 e. The molecule has 31 heavy (non-hydrogen) atoms. The van der Waals surface area contributed by atoms with Crippen LogP contribution in [-0.2, 0) is 22.6 Å². The Kier molecular flexibility index (Phi) is 9.68. The summed E-state index contributed by atoms with van der Waals surface area (Å²) in [6.07, 6.45) is 0.566. The van der Waals surface area contributed by atoms with Gasteiger partial charge in [0, 0.05) is 6.54 Å². The van der Waals surface area contributed by atoms with Crippen molar-refractivity contribution in [1.82, 2.24) is 16.0 Å². The van der Waals surface area contributed by atoms with Gasteiger partial charge in [-0.1, -0.05) is 74.5 Å². The lowest BCUT2D eigenvalue weighted by Gasteiger charge is -2.24. The van der Waals surface area contributed by atoms with Crippen molar-refractivity contribution in [3.05, 3.63) is 71.8 Å². The van der Waals surface area contributed by atoms with Crippen LogP contribution in [-0.4, -0.2) is 36.5 Å². The van der Waals surface area contributed by atoms with Gasteiger partial charge in [0.1, 0.15) is 12.7 Å². The number of urea groups is 1. The summed E-state index contributed by atoms with van der Waals surface area (Å²) in [5, 5.41) is 8.03. The number of carbonyl (C=O) groups is 3. The highest BCUT2D eigenvalue weighted by Gasteiger charge is 2.27. The van der Waals surface area contributed by atoms with Crippen molar-refractivity contribution in [3.63, 3.8) is 0 Å². The lowest BCUT2D eigenvalue weighted by Crippen LogP contribution is -2.54. The van der Waals surface area contributed by atoms with Gasteiger partial charge in [-0.05, 0) is 29.9 Å². The molecule has 0 aromatic heterocycles. The fourth-order valence-corrected chi connectivity index (χ4v) is 3.15. The molecule has 0 fully saturated rings. The Morgan fingerprint density at radius 1 is 0.839 bits per heavy atom.